The fraction of sp³-hybridized carbons (Fsp3) is 0. The van der Waals surface area contributed by atoms with Crippen molar-refractivity contribution < 1.29 is 4.79 Å². The Morgan fingerprint density at radius 1 is 1.00 bits per heavy atom. The van der Waals surface area contributed by atoms with Gasteiger partial charge in [0.25, 0.3) is 5.91 Å². The predicted octanol–water partition coefficient (Wildman–Crippen LogP) is 2.23. The first kappa shape index (κ1) is 6.66. The van der Waals surface area contributed by atoms with Crippen LogP contribution in [-0.2, 0) is 0 Å². The Morgan fingerprint density at radius 3 is 2.62 bits per heavy atom. The number of carbonyl (C=O) groups excluding carboxylic acids is 1. The van der Waals surface area contributed by atoms with Crippen LogP contribution >= 0.6 is 0 Å². The minimum atomic E-state index is -0.119. The summed E-state index contributed by atoms with van der Waals surface area (Å²) in [5, 5.41) is 6.04. The molecule has 0 fully saturated rings. The van der Waals surface area contributed by atoms with Gasteiger partial charge < -0.3 is 0 Å². The molecule has 0 aromatic heterocycles. The highest BCUT2D eigenvalue weighted by Crippen LogP contribution is 2.32. The maximum atomic E-state index is 11.4. The van der Waals surface area contributed by atoms with Crippen LogP contribution in [0.25, 0.3) is 10.8 Å². The van der Waals surface area contributed by atoms with Crippen molar-refractivity contribution in [2.75, 3.05) is 0 Å². The zero-order chi connectivity index (χ0) is 8.84. The summed E-state index contributed by atoms with van der Waals surface area (Å²) in [7, 11) is 0. The van der Waals surface area contributed by atoms with Crippen LogP contribution in [0.5, 0.6) is 0 Å². The van der Waals surface area contributed by atoms with E-state index in [1.807, 2.05) is 36.4 Å². The van der Waals surface area contributed by atoms with Gasteiger partial charge in [0.1, 0.15) is 0 Å². The molecule has 2 aromatic rings. The van der Waals surface area contributed by atoms with Gasteiger partial charge in [-0.2, -0.15) is 0 Å². The highest BCUT2D eigenvalue weighted by molar-refractivity contribution is 6.18. The normalized spacial score (nSPS) is 13.4. The molecule has 1 aliphatic rings. The fourth-order valence-electron chi connectivity index (χ4n) is 1.76. The Balaban J connectivity index is 2.58. The van der Waals surface area contributed by atoms with E-state index in [0.717, 1.165) is 22.0 Å². The summed E-state index contributed by atoms with van der Waals surface area (Å²) < 4.78 is 0. The molecule has 1 heterocycles. The maximum absolute atomic E-state index is 11.4. The number of carbonyl (C=O) groups is 1. The molecule has 0 spiro atoms. The number of hydrogen-bond acceptors (Lipinski definition) is 1. The molecular formula is C11H6NO. The smallest absolute Gasteiger partial charge is 0.267 e. The number of nitrogens with zero attached hydrogens (tertiary/aromatic N) is 1. The minimum Gasteiger partial charge on any atom is -0.267 e. The second-order valence-electron chi connectivity index (χ2n) is 3.10. The zero-order valence-corrected chi connectivity index (χ0v) is 6.82. The van der Waals surface area contributed by atoms with E-state index in [1.54, 1.807) is 0 Å². The van der Waals surface area contributed by atoms with Crippen molar-refractivity contribution >= 4 is 22.4 Å². The Hall–Kier alpha value is -1.83. The lowest BCUT2D eigenvalue weighted by Gasteiger charge is -1.96. The molecule has 2 nitrogen and oxygen atoms in total. The van der Waals surface area contributed by atoms with Crippen LogP contribution in [0.4, 0.5) is 5.69 Å². The molecular weight excluding hydrogens is 162 g/mol. The summed E-state index contributed by atoms with van der Waals surface area (Å²) in [4.78, 5) is 11.4. The number of amides is 1. The lowest BCUT2D eigenvalue weighted by Crippen LogP contribution is -2.02. The molecule has 0 saturated heterocycles. The first-order valence-electron chi connectivity index (χ1n) is 4.14. The molecule has 0 saturated carbocycles. The first-order chi connectivity index (χ1) is 6.36. The fourth-order valence-corrected chi connectivity index (χ4v) is 1.76. The zero-order valence-electron chi connectivity index (χ0n) is 6.82. The van der Waals surface area contributed by atoms with Crippen LogP contribution in [0.15, 0.2) is 36.4 Å². The van der Waals surface area contributed by atoms with Gasteiger partial charge in [-0.3, -0.25) is 4.79 Å². The molecule has 0 N–H and O–H groups in total. The van der Waals surface area contributed by atoms with Gasteiger partial charge in [-0.15, -0.1) is 0 Å². The van der Waals surface area contributed by atoms with E-state index >= 15 is 0 Å². The Kier molecular flexibility index (Phi) is 1.08. The third kappa shape index (κ3) is 0.746. The topological polar surface area (TPSA) is 31.2 Å². The van der Waals surface area contributed by atoms with Gasteiger partial charge in [0.05, 0.1) is 11.3 Å². The molecule has 1 aliphatic heterocycles. The quantitative estimate of drug-likeness (QED) is 0.593. The van der Waals surface area contributed by atoms with E-state index in [0.29, 0.717) is 0 Å². The van der Waals surface area contributed by atoms with Gasteiger partial charge in [0.15, 0.2) is 0 Å². The molecule has 0 atom stereocenters. The van der Waals surface area contributed by atoms with E-state index in [-0.39, 0.29) is 5.91 Å². The number of benzene rings is 2. The second-order valence-corrected chi connectivity index (χ2v) is 3.10. The van der Waals surface area contributed by atoms with Crippen LogP contribution in [0.3, 0.4) is 0 Å². The van der Waals surface area contributed by atoms with Gasteiger partial charge in [-0.1, -0.05) is 24.3 Å². The molecule has 0 bridgehead atoms. The molecule has 1 amide bonds. The summed E-state index contributed by atoms with van der Waals surface area (Å²) >= 11 is 0. The molecule has 1 radical (unpaired) electrons. The van der Waals surface area contributed by atoms with E-state index in [9.17, 15) is 4.79 Å². The third-order valence-corrected chi connectivity index (χ3v) is 2.34. The van der Waals surface area contributed by atoms with Crippen LogP contribution in [-0.4, -0.2) is 5.91 Å². The molecule has 61 valence electrons. The lowest BCUT2D eigenvalue weighted by atomic mass is 10.1. The SMILES string of the molecule is O=C1[N]c2cccc3cccc1c23. The van der Waals surface area contributed by atoms with Gasteiger partial charge in [0, 0.05) is 5.39 Å². The van der Waals surface area contributed by atoms with Gasteiger partial charge in [-0.25, -0.2) is 5.32 Å². The largest absolute Gasteiger partial charge is 0.278 e. The van der Waals surface area contributed by atoms with Crippen molar-refractivity contribution in [1.29, 1.82) is 0 Å². The van der Waals surface area contributed by atoms with Crippen molar-refractivity contribution in [1.82, 2.24) is 5.32 Å². The van der Waals surface area contributed by atoms with Crippen molar-refractivity contribution in [2.24, 2.45) is 0 Å². The molecule has 0 aliphatic carbocycles. The van der Waals surface area contributed by atoms with Crippen molar-refractivity contribution in [3.8, 4) is 0 Å². The summed E-state index contributed by atoms with van der Waals surface area (Å²) in [6.07, 6.45) is 0. The highest BCUT2D eigenvalue weighted by Gasteiger charge is 2.21. The maximum Gasteiger partial charge on any atom is 0.278 e. The van der Waals surface area contributed by atoms with Gasteiger partial charge >= 0.3 is 0 Å². The van der Waals surface area contributed by atoms with E-state index in [4.69, 9.17) is 0 Å². The van der Waals surface area contributed by atoms with Crippen molar-refractivity contribution in [2.45, 2.75) is 0 Å². The van der Waals surface area contributed by atoms with Crippen LogP contribution < -0.4 is 5.32 Å². The highest BCUT2D eigenvalue weighted by atomic mass is 16.1. The summed E-state index contributed by atoms with van der Waals surface area (Å²) in [6.45, 7) is 0. The first-order valence-corrected chi connectivity index (χ1v) is 4.14. The van der Waals surface area contributed by atoms with E-state index in [2.05, 4.69) is 5.32 Å². The van der Waals surface area contributed by atoms with E-state index in [1.165, 1.54) is 0 Å². The number of hydrogen-bond donors (Lipinski definition) is 0. The van der Waals surface area contributed by atoms with Crippen LogP contribution in [0.1, 0.15) is 10.4 Å². The Bertz CT molecular complexity index is 511. The monoisotopic (exact) mass is 168 g/mol. The third-order valence-electron chi connectivity index (χ3n) is 2.34. The average molecular weight is 168 g/mol. The molecule has 13 heavy (non-hydrogen) atoms. The Labute approximate surface area is 75.2 Å². The van der Waals surface area contributed by atoms with Gasteiger partial charge in [0.2, 0.25) is 0 Å². The Morgan fingerprint density at radius 2 is 1.77 bits per heavy atom. The summed E-state index contributed by atoms with van der Waals surface area (Å²) in [6, 6.07) is 11.5. The standard InChI is InChI=1S/C11H6NO/c13-11-8-5-1-3-7-4-2-6-9(12-11)10(7)8/h1-6H. The summed E-state index contributed by atoms with van der Waals surface area (Å²) in [5.41, 5.74) is 1.53. The van der Waals surface area contributed by atoms with Crippen molar-refractivity contribution in [3.63, 3.8) is 0 Å². The van der Waals surface area contributed by atoms with Crippen LogP contribution in [0.2, 0.25) is 0 Å². The van der Waals surface area contributed by atoms with Crippen LogP contribution in [0, 0.1) is 0 Å². The average Bonchev–Trinajstić information content (AvgIpc) is 2.47. The van der Waals surface area contributed by atoms with Gasteiger partial charge in [-0.05, 0) is 17.5 Å². The second kappa shape index (κ2) is 2.10. The number of rotatable bonds is 0. The summed E-state index contributed by atoms with van der Waals surface area (Å²) in [5.74, 6) is -0.119. The molecule has 3 rings (SSSR count). The van der Waals surface area contributed by atoms with Crippen molar-refractivity contribution in [3.05, 3.63) is 42.0 Å². The molecule has 2 heteroatoms. The minimum absolute atomic E-state index is 0.119. The predicted molar refractivity (Wildman–Crippen MR) is 50.1 cm³/mol. The van der Waals surface area contributed by atoms with E-state index < -0.39 is 0 Å². The molecule has 0 unspecified atom stereocenters. The lowest BCUT2D eigenvalue weighted by molar-refractivity contribution is 0.0976. The molecule has 2 aromatic carbocycles.